The molecule has 0 spiro atoms. The molecule has 1 aromatic heterocycles. The molecule has 0 radical (unpaired) electrons. The average Bonchev–Trinajstić information content (AvgIpc) is 2.65. The van der Waals surface area contributed by atoms with Crippen LogP contribution in [0.15, 0.2) is 12.5 Å². The molecule has 5 nitrogen and oxygen atoms in total. The molecular formula is C10H15N5. The number of rotatable bonds is 2. The van der Waals surface area contributed by atoms with E-state index in [0.29, 0.717) is 0 Å². The normalized spacial score (nSPS) is 22.5. The zero-order valence-electron chi connectivity index (χ0n) is 8.85. The Balaban J connectivity index is 2.04. The van der Waals surface area contributed by atoms with Gasteiger partial charge in [-0.2, -0.15) is 5.26 Å². The molecule has 0 amide bonds. The second kappa shape index (κ2) is 4.43. The molecular weight excluding hydrogens is 190 g/mol. The summed E-state index contributed by atoms with van der Waals surface area (Å²) >= 11 is 0. The second-order valence-corrected chi connectivity index (χ2v) is 3.82. The Labute approximate surface area is 89.3 Å². The lowest BCUT2D eigenvalue weighted by Crippen LogP contribution is -2.50. The maximum absolute atomic E-state index is 9.01. The van der Waals surface area contributed by atoms with Gasteiger partial charge in [-0.05, 0) is 0 Å². The fourth-order valence-corrected chi connectivity index (χ4v) is 1.81. The first-order valence-electron chi connectivity index (χ1n) is 5.11. The van der Waals surface area contributed by atoms with E-state index in [4.69, 9.17) is 5.26 Å². The number of hydrogen-bond acceptors (Lipinski definition) is 4. The van der Waals surface area contributed by atoms with Crippen molar-refractivity contribution >= 4 is 0 Å². The van der Waals surface area contributed by atoms with Crippen molar-refractivity contribution in [1.82, 2.24) is 19.8 Å². The number of aromatic nitrogens is 2. The van der Waals surface area contributed by atoms with Crippen molar-refractivity contribution in [1.29, 1.82) is 5.26 Å². The highest BCUT2D eigenvalue weighted by molar-refractivity contribution is 5.02. The van der Waals surface area contributed by atoms with Crippen molar-refractivity contribution in [3.63, 3.8) is 0 Å². The molecule has 5 heteroatoms. The van der Waals surface area contributed by atoms with E-state index in [1.807, 2.05) is 17.8 Å². The highest BCUT2D eigenvalue weighted by Crippen LogP contribution is 2.08. The van der Waals surface area contributed by atoms with Gasteiger partial charge in [0.1, 0.15) is 6.04 Å². The third-order valence-corrected chi connectivity index (χ3v) is 2.78. The largest absolute Gasteiger partial charge is 0.337 e. The summed E-state index contributed by atoms with van der Waals surface area (Å²) in [4.78, 5) is 6.26. The van der Waals surface area contributed by atoms with Gasteiger partial charge in [0.15, 0.2) is 0 Å². The molecule has 1 aliphatic heterocycles. The van der Waals surface area contributed by atoms with Crippen LogP contribution in [0.25, 0.3) is 0 Å². The number of piperazine rings is 1. The Hall–Kier alpha value is -1.38. The number of hydrogen-bond donors (Lipinski definition) is 1. The molecule has 15 heavy (non-hydrogen) atoms. The molecule has 1 aromatic rings. The molecule has 0 aliphatic carbocycles. The molecule has 1 saturated heterocycles. The number of aryl methyl sites for hydroxylation is 1. The van der Waals surface area contributed by atoms with Gasteiger partial charge in [0, 0.05) is 39.4 Å². The Bertz CT molecular complexity index is 364. The van der Waals surface area contributed by atoms with E-state index in [2.05, 4.69) is 21.3 Å². The monoisotopic (exact) mass is 205 g/mol. The standard InChI is InChI=1S/C10H15N5/c1-14-8-13-6-10(14)7-15-3-2-12-5-9(15)4-11/h6,8-9,12H,2-3,5,7H2,1H3. The van der Waals surface area contributed by atoms with Crippen molar-refractivity contribution in [3.8, 4) is 6.07 Å². The van der Waals surface area contributed by atoms with Crippen LogP contribution < -0.4 is 5.32 Å². The smallest absolute Gasteiger partial charge is 0.111 e. The third-order valence-electron chi connectivity index (χ3n) is 2.78. The molecule has 80 valence electrons. The Morgan fingerprint density at radius 2 is 2.60 bits per heavy atom. The van der Waals surface area contributed by atoms with Crippen molar-refractivity contribution < 1.29 is 0 Å². The van der Waals surface area contributed by atoms with Crippen LogP contribution in [0, 0.1) is 11.3 Å². The highest BCUT2D eigenvalue weighted by Gasteiger charge is 2.22. The van der Waals surface area contributed by atoms with Gasteiger partial charge < -0.3 is 9.88 Å². The van der Waals surface area contributed by atoms with Crippen LogP contribution in [-0.2, 0) is 13.6 Å². The van der Waals surface area contributed by atoms with E-state index < -0.39 is 0 Å². The van der Waals surface area contributed by atoms with E-state index in [-0.39, 0.29) is 6.04 Å². The lowest BCUT2D eigenvalue weighted by Gasteiger charge is -2.31. The quantitative estimate of drug-likeness (QED) is 0.721. The molecule has 0 bridgehead atoms. The Kier molecular flexibility index (Phi) is 2.99. The van der Waals surface area contributed by atoms with E-state index >= 15 is 0 Å². The molecule has 1 N–H and O–H groups in total. The first-order valence-corrected chi connectivity index (χ1v) is 5.11. The van der Waals surface area contributed by atoms with E-state index in [0.717, 1.165) is 31.9 Å². The zero-order valence-corrected chi connectivity index (χ0v) is 8.85. The van der Waals surface area contributed by atoms with Gasteiger partial charge in [-0.3, -0.25) is 4.90 Å². The molecule has 1 atom stereocenters. The fourth-order valence-electron chi connectivity index (χ4n) is 1.81. The first kappa shape index (κ1) is 10.1. The second-order valence-electron chi connectivity index (χ2n) is 3.82. The molecule has 2 heterocycles. The minimum Gasteiger partial charge on any atom is -0.337 e. The minimum atomic E-state index is -0.0198. The number of nitrogens with zero attached hydrogens (tertiary/aromatic N) is 4. The summed E-state index contributed by atoms with van der Waals surface area (Å²) in [5.41, 5.74) is 1.15. The fraction of sp³-hybridized carbons (Fsp3) is 0.600. The number of nitriles is 1. The SMILES string of the molecule is Cn1cncc1CN1CCNCC1C#N. The lowest BCUT2D eigenvalue weighted by atomic mass is 10.2. The zero-order chi connectivity index (χ0) is 10.7. The summed E-state index contributed by atoms with van der Waals surface area (Å²) in [5, 5.41) is 12.2. The summed E-state index contributed by atoms with van der Waals surface area (Å²) in [7, 11) is 1.98. The van der Waals surface area contributed by atoms with Gasteiger partial charge >= 0.3 is 0 Å². The van der Waals surface area contributed by atoms with Crippen molar-refractivity contribution in [2.24, 2.45) is 7.05 Å². The molecule has 1 aliphatic rings. The first-order chi connectivity index (χ1) is 7.31. The molecule has 0 aromatic carbocycles. The summed E-state index contributed by atoms with van der Waals surface area (Å²) in [6, 6.07) is 2.30. The maximum atomic E-state index is 9.01. The topological polar surface area (TPSA) is 56.9 Å². The molecule has 2 rings (SSSR count). The molecule has 1 fully saturated rings. The summed E-state index contributed by atoms with van der Waals surface area (Å²) in [5.74, 6) is 0. The van der Waals surface area contributed by atoms with Crippen LogP contribution in [0.1, 0.15) is 5.69 Å². The lowest BCUT2D eigenvalue weighted by molar-refractivity contribution is 0.185. The summed E-state index contributed by atoms with van der Waals surface area (Å²) in [6.07, 6.45) is 3.65. The molecule has 0 saturated carbocycles. The molecule has 1 unspecified atom stereocenters. The van der Waals surface area contributed by atoms with Crippen LogP contribution in [0.5, 0.6) is 0 Å². The van der Waals surface area contributed by atoms with Gasteiger partial charge in [0.05, 0.1) is 18.1 Å². The van der Waals surface area contributed by atoms with Crippen LogP contribution in [0.3, 0.4) is 0 Å². The predicted molar refractivity (Wildman–Crippen MR) is 55.9 cm³/mol. The van der Waals surface area contributed by atoms with Crippen LogP contribution >= 0.6 is 0 Å². The van der Waals surface area contributed by atoms with Crippen LogP contribution in [-0.4, -0.2) is 40.1 Å². The highest BCUT2D eigenvalue weighted by atomic mass is 15.2. The summed E-state index contributed by atoms with van der Waals surface area (Å²) < 4.78 is 2.00. The predicted octanol–water partition coefficient (Wildman–Crippen LogP) is -0.283. The number of imidazole rings is 1. The van der Waals surface area contributed by atoms with E-state index in [9.17, 15) is 0 Å². The third kappa shape index (κ3) is 2.17. The van der Waals surface area contributed by atoms with E-state index in [1.165, 1.54) is 0 Å². The van der Waals surface area contributed by atoms with Crippen molar-refractivity contribution in [2.45, 2.75) is 12.6 Å². The Morgan fingerprint density at radius 1 is 1.73 bits per heavy atom. The number of nitrogens with one attached hydrogen (secondary N) is 1. The van der Waals surface area contributed by atoms with Gasteiger partial charge in [-0.25, -0.2) is 4.98 Å². The summed E-state index contributed by atoms with van der Waals surface area (Å²) in [6.45, 7) is 3.43. The van der Waals surface area contributed by atoms with Gasteiger partial charge in [-0.1, -0.05) is 0 Å². The van der Waals surface area contributed by atoms with Crippen molar-refractivity contribution in [2.75, 3.05) is 19.6 Å². The van der Waals surface area contributed by atoms with Crippen LogP contribution in [0.4, 0.5) is 0 Å². The van der Waals surface area contributed by atoms with Crippen molar-refractivity contribution in [3.05, 3.63) is 18.2 Å². The van der Waals surface area contributed by atoms with Crippen LogP contribution in [0.2, 0.25) is 0 Å². The van der Waals surface area contributed by atoms with Gasteiger partial charge in [0.2, 0.25) is 0 Å². The van der Waals surface area contributed by atoms with Gasteiger partial charge in [0.25, 0.3) is 0 Å². The minimum absolute atomic E-state index is 0.0198. The van der Waals surface area contributed by atoms with E-state index in [1.54, 1.807) is 6.33 Å². The maximum Gasteiger partial charge on any atom is 0.111 e. The average molecular weight is 205 g/mol. The Morgan fingerprint density at radius 3 is 3.27 bits per heavy atom. The van der Waals surface area contributed by atoms with Gasteiger partial charge in [-0.15, -0.1) is 0 Å².